The van der Waals surface area contributed by atoms with Gasteiger partial charge in [0, 0.05) is 5.69 Å². The van der Waals surface area contributed by atoms with E-state index in [1.165, 1.54) is 16.9 Å². The second-order valence-electron chi connectivity index (χ2n) is 6.85. The van der Waals surface area contributed by atoms with Crippen LogP contribution in [0.1, 0.15) is 26.3 Å². The van der Waals surface area contributed by atoms with Gasteiger partial charge in [-0.15, -0.1) is 0 Å². The van der Waals surface area contributed by atoms with E-state index in [0.717, 1.165) is 10.2 Å². The Morgan fingerprint density at radius 2 is 1.92 bits per heavy atom. The van der Waals surface area contributed by atoms with E-state index in [1.807, 2.05) is 36.4 Å². The number of thiazole rings is 1. The maximum Gasteiger partial charge on any atom is 0.262 e. The van der Waals surface area contributed by atoms with Crippen LogP contribution in [0, 0.1) is 0 Å². The Balaban J connectivity index is 1.58. The summed E-state index contributed by atoms with van der Waals surface area (Å²) in [6, 6.07) is 13.3. The van der Waals surface area contributed by atoms with Crippen molar-refractivity contribution in [3.05, 3.63) is 48.0 Å². The van der Waals surface area contributed by atoms with E-state index in [9.17, 15) is 4.79 Å². The molecule has 0 atom stereocenters. The van der Waals surface area contributed by atoms with Gasteiger partial charge in [0.05, 0.1) is 10.2 Å². The van der Waals surface area contributed by atoms with Crippen LogP contribution < -0.4 is 15.8 Å². The number of nitrogens with two attached hydrogens (primary N) is 1. The van der Waals surface area contributed by atoms with Crippen LogP contribution >= 0.6 is 11.3 Å². The number of hydrogen-bond acceptors (Lipinski definition) is 5. The highest BCUT2D eigenvalue weighted by Crippen LogP contribution is 2.27. The molecule has 0 fully saturated rings. The first-order valence-corrected chi connectivity index (χ1v) is 8.82. The van der Waals surface area contributed by atoms with Gasteiger partial charge in [-0.05, 0) is 41.3 Å². The summed E-state index contributed by atoms with van der Waals surface area (Å²) in [6.45, 7) is 6.43. The zero-order valence-electron chi connectivity index (χ0n) is 14.5. The van der Waals surface area contributed by atoms with Crippen molar-refractivity contribution >= 4 is 38.3 Å². The molecule has 0 aliphatic heterocycles. The second kappa shape index (κ2) is 6.72. The average molecular weight is 355 g/mol. The number of carbonyl (C=O) groups is 1. The van der Waals surface area contributed by atoms with Crippen LogP contribution in [-0.2, 0) is 10.2 Å². The average Bonchev–Trinajstić information content (AvgIpc) is 2.92. The lowest BCUT2D eigenvalue weighted by molar-refractivity contribution is -0.118. The monoisotopic (exact) mass is 355 g/mol. The van der Waals surface area contributed by atoms with Crippen molar-refractivity contribution in [1.29, 1.82) is 0 Å². The van der Waals surface area contributed by atoms with E-state index in [2.05, 4.69) is 31.1 Å². The van der Waals surface area contributed by atoms with E-state index >= 15 is 0 Å². The van der Waals surface area contributed by atoms with Gasteiger partial charge >= 0.3 is 0 Å². The van der Waals surface area contributed by atoms with Crippen LogP contribution in [0.25, 0.3) is 10.2 Å². The molecule has 6 heteroatoms. The van der Waals surface area contributed by atoms with Crippen molar-refractivity contribution < 1.29 is 9.53 Å². The van der Waals surface area contributed by atoms with Gasteiger partial charge in [0.15, 0.2) is 11.7 Å². The molecule has 3 aromatic rings. The van der Waals surface area contributed by atoms with Gasteiger partial charge in [-0.1, -0.05) is 44.2 Å². The fourth-order valence-corrected chi connectivity index (χ4v) is 3.19. The number of benzene rings is 2. The molecule has 5 nitrogen and oxygen atoms in total. The summed E-state index contributed by atoms with van der Waals surface area (Å²) in [6.07, 6.45) is 0. The van der Waals surface area contributed by atoms with Gasteiger partial charge in [-0.3, -0.25) is 4.79 Å². The minimum atomic E-state index is -0.211. The fraction of sp³-hybridized carbons (Fsp3) is 0.263. The molecule has 130 valence electrons. The quantitative estimate of drug-likeness (QED) is 0.735. The number of carbonyl (C=O) groups excluding carboxylic acids is 1. The molecule has 0 spiro atoms. The second-order valence-corrected chi connectivity index (χ2v) is 7.91. The maximum absolute atomic E-state index is 12.1. The number of rotatable bonds is 4. The predicted octanol–water partition coefficient (Wildman–Crippen LogP) is 4.19. The third kappa shape index (κ3) is 4.28. The number of amides is 1. The van der Waals surface area contributed by atoms with E-state index in [-0.39, 0.29) is 17.9 Å². The molecule has 3 rings (SSSR count). The Hall–Kier alpha value is -2.60. The number of nitrogen functional groups attached to an aromatic ring is 1. The van der Waals surface area contributed by atoms with E-state index in [0.29, 0.717) is 16.6 Å². The molecule has 0 aliphatic rings. The number of ether oxygens (including phenoxy) is 1. The first-order valence-electron chi connectivity index (χ1n) is 8.00. The Labute approximate surface area is 150 Å². The van der Waals surface area contributed by atoms with Crippen molar-refractivity contribution in [3.63, 3.8) is 0 Å². The number of fused-ring (bicyclic) bond motifs is 1. The van der Waals surface area contributed by atoms with Crippen LogP contribution in [0.2, 0.25) is 0 Å². The van der Waals surface area contributed by atoms with Crippen LogP contribution in [0.5, 0.6) is 5.75 Å². The largest absolute Gasteiger partial charge is 0.484 e. The van der Waals surface area contributed by atoms with Crippen LogP contribution in [-0.4, -0.2) is 17.5 Å². The highest BCUT2D eigenvalue weighted by atomic mass is 32.1. The molecule has 0 saturated carbocycles. The molecular weight excluding hydrogens is 334 g/mol. The summed E-state index contributed by atoms with van der Waals surface area (Å²) in [5, 5.41) is 3.34. The number of anilines is 2. The Morgan fingerprint density at radius 1 is 1.20 bits per heavy atom. The standard InChI is InChI=1S/C19H21N3O2S/c1-19(2,3)12-4-7-14(8-5-12)24-11-17(23)21-13-6-9-15-16(10-13)25-18(20)22-15/h4-10H,11H2,1-3H3,(H2,20,22)(H,21,23). The molecule has 1 amide bonds. The summed E-state index contributed by atoms with van der Waals surface area (Å²) < 4.78 is 6.50. The topological polar surface area (TPSA) is 77.2 Å². The molecule has 0 bridgehead atoms. The van der Waals surface area contributed by atoms with Crippen LogP contribution in [0.3, 0.4) is 0 Å². The minimum absolute atomic E-state index is 0.0439. The lowest BCUT2D eigenvalue weighted by Crippen LogP contribution is -2.20. The number of nitrogens with one attached hydrogen (secondary N) is 1. The van der Waals surface area contributed by atoms with Gasteiger partial charge < -0.3 is 15.8 Å². The van der Waals surface area contributed by atoms with Crippen LogP contribution in [0.15, 0.2) is 42.5 Å². The maximum atomic E-state index is 12.1. The SMILES string of the molecule is CC(C)(C)c1ccc(OCC(=O)Nc2ccc3nc(N)sc3c2)cc1. The highest BCUT2D eigenvalue weighted by molar-refractivity contribution is 7.22. The molecule has 0 radical (unpaired) electrons. The van der Waals surface area contributed by atoms with Gasteiger partial charge in [-0.2, -0.15) is 0 Å². The van der Waals surface area contributed by atoms with Crippen molar-refractivity contribution in [1.82, 2.24) is 4.98 Å². The molecule has 3 N–H and O–H groups in total. The third-order valence-corrected chi connectivity index (χ3v) is 4.63. The molecule has 25 heavy (non-hydrogen) atoms. The van der Waals surface area contributed by atoms with Gasteiger partial charge in [0.1, 0.15) is 5.75 Å². The Morgan fingerprint density at radius 3 is 2.60 bits per heavy atom. The Bertz CT molecular complexity index is 895. The van der Waals surface area contributed by atoms with Crippen molar-refractivity contribution in [2.24, 2.45) is 0 Å². The molecule has 2 aromatic carbocycles. The Kier molecular flexibility index (Phi) is 4.63. The zero-order valence-corrected chi connectivity index (χ0v) is 15.3. The number of nitrogens with zero attached hydrogens (tertiary/aromatic N) is 1. The van der Waals surface area contributed by atoms with Gasteiger partial charge in [0.25, 0.3) is 5.91 Å². The summed E-state index contributed by atoms with van der Waals surface area (Å²) >= 11 is 1.39. The summed E-state index contributed by atoms with van der Waals surface area (Å²) in [5.41, 5.74) is 8.54. The first kappa shape index (κ1) is 17.2. The first-order chi connectivity index (χ1) is 11.8. The summed E-state index contributed by atoms with van der Waals surface area (Å²) in [7, 11) is 0. The van der Waals surface area contributed by atoms with E-state index in [4.69, 9.17) is 10.5 Å². The molecule has 0 unspecified atom stereocenters. The fourth-order valence-electron chi connectivity index (χ4n) is 2.42. The molecule has 0 aliphatic carbocycles. The molecule has 0 saturated heterocycles. The smallest absolute Gasteiger partial charge is 0.262 e. The number of aromatic nitrogens is 1. The van der Waals surface area contributed by atoms with E-state index in [1.54, 1.807) is 6.07 Å². The molecule has 1 heterocycles. The lowest BCUT2D eigenvalue weighted by atomic mass is 9.87. The normalized spacial score (nSPS) is 11.5. The zero-order chi connectivity index (χ0) is 18.0. The van der Waals surface area contributed by atoms with Gasteiger partial charge in [-0.25, -0.2) is 4.98 Å². The van der Waals surface area contributed by atoms with Crippen molar-refractivity contribution in [2.75, 3.05) is 17.7 Å². The van der Waals surface area contributed by atoms with Crippen LogP contribution in [0.4, 0.5) is 10.8 Å². The lowest BCUT2D eigenvalue weighted by Gasteiger charge is -2.19. The third-order valence-electron chi connectivity index (χ3n) is 3.78. The summed E-state index contributed by atoms with van der Waals surface area (Å²) in [5.74, 6) is 0.463. The van der Waals surface area contributed by atoms with E-state index < -0.39 is 0 Å². The molecular formula is C19H21N3O2S. The van der Waals surface area contributed by atoms with Crippen molar-refractivity contribution in [3.8, 4) is 5.75 Å². The minimum Gasteiger partial charge on any atom is -0.484 e. The number of hydrogen-bond donors (Lipinski definition) is 2. The summed E-state index contributed by atoms with van der Waals surface area (Å²) in [4.78, 5) is 16.3. The van der Waals surface area contributed by atoms with Gasteiger partial charge in [0.2, 0.25) is 0 Å². The van der Waals surface area contributed by atoms with Crippen molar-refractivity contribution in [2.45, 2.75) is 26.2 Å². The highest BCUT2D eigenvalue weighted by Gasteiger charge is 2.13. The molecule has 1 aromatic heterocycles. The predicted molar refractivity (Wildman–Crippen MR) is 103 cm³/mol.